The number of carbonyl (C=O) groups is 2. The van der Waals surface area contributed by atoms with E-state index >= 15 is 0 Å². The molecular weight excluding hydrogens is 260 g/mol. The minimum absolute atomic E-state index is 0.128. The zero-order valence-electron chi connectivity index (χ0n) is 10.7. The number of aromatic nitrogens is 3. The number of fused-ring (bicyclic) bond motifs is 1. The van der Waals surface area contributed by atoms with Crippen molar-refractivity contribution in [2.45, 2.75) is 19.3 Å². The van der Waals surface area contributed by atoms with Crippen LogP contribution in [0.4, 0.5) is 5.69 Å². The fourth-order valence-electron chi connectivity index (χ4n) is 2.61. The van der Waals surface area contributed by atoms with Crippen molar-refractivity contribution in [3.63, 3.8) is 0 Å². The van der Waals surface area contributed by atoms with Gasteiger partial charge in [0.1, 0.15) is 11.0 Å². The van der Waals surface area contributed by atoms with Crippen molar-refractivity contribution in [1.29, 1.82) is 0 Å². The Kier molecular flexibility index (Phi) is 3.09. The van der Waals surface area contributed by atoms with Gasteiger partial charge in [-0.25, -0.2) is 0 Å². The molecule has 3 N–H and O–H groups in total. The predicted octanol–water partition coefficient (Wildman–Crippen LogP) is 1.40. The number of carboxylic acid groups (broad SMARTS) is 1. The number of amides is 1. The maximum absolute atomic E-state index is 12.1. The standard InChI is InChI=1S/C13H14N4O3/c18-12(7-1-2-8(5-7)13(19)20)14-9-3-4-10-11(6-9)16-17-15-10/h3-4,6-8H,1-2,5H2,(H,14,18)(H,19,20)(H,15,16,17)/t7-,8+/m0/s1. The fourth-order valence-corrected chi connectivity index (χ4v) is 2.61. The van der Waals surface area contributed by atoms with Crippen molar-refractivity contribution < 1.29 is 14.7 Å². The molecule has 1 aromatic carbocycles. The highest BCUT2D eigenvalue weighted by molar-refractivity contribution is 5.94. The lowest BCUT2D eigenvalue weighted by Crippen LogP contribution is -2.21. The summed E-state index contributed by atoms with van der Waals surface area (Å²) in [6.45, 7) is 0. The van der Waals surface area contributed by atoms with E-state index in [2.05, 4.69) is 20.7 Å². The molecule has 2 aromatic rings. The van der Waals surface area contributed by atoms with Gasteiger partial charge in [0, 0.05) is 11.6 Å². The normalized spacial score (nSPS) is 22.0. The van der Waals surface area contributed by atoms with Crippen LogP contribution in [0.1, 0.15) is 19.3 Å². The van der Waals surface area contributed by atoms with Gasteiger partial charge in [0.05, 0.1) is 5.92 Å². The molecule has 1 amide bonds. The maximum atomic E-state index is 12.1. The molecule has 1 saturated carbocycles. The van der Waals surface area contributed by atoms with Gasteiger partial charge in [0.2, 0.25) is 5.91 Å². The Morgan fingerprint density at radius 1 is 1.20 bits per heavy atom. The molecule has 0 aliphatic heterocycles. The average Bonchev–Trinajstić information content (AvgIpc) is 3.07. The summed E-state index contributed by atoms with van der Waals surface area (Å²) in [5, 5.41) is 22.2. The van der Waals surface area contributed by atoms with E-state index in [-0.39, 0.29) is 11.8 Å². The number of hydrogen-bond acceptors (Lipinski definition) is 4. The number of aromatic amines is 1. The highest BCUT2D eigenvalue weighted by Crippen LogP contribution is 2.32. The van der Waals surface area contributed by atoms with Crippen molar-refractivity contribution in [2.75, 3.05) is 5.32 Å². The number of H-pyrrole nitrogens is 1. The van der Waals surface area contributed by atoms with E-state index in [9.17, 15) is 9.59 Å². The second kappa shape index (κ2) is 4.92. The predicted molar refractivity (Wildman–Crippen MR) is 71.0 cm³/mol. The lowest BCUT2D eigenvalue weighted by atomic mass is 10.0. The molecule has 1 fully saturated rings. The first-order chi connectivity index (χ1) is 9.63. The molecule has 0 spiro atoms. The Morgan fingerprint density at radius 2 is 1.95 bits per heavy atom. The summed E-state index contributed by atoms with van der Waals surface area (Å²) in [6.07, 6.45) is 1.60. The summed E-state index contributed by atoms with van der Waals surface area (Å²) in [5.41, 5.74) is 2.06. The molecule has 1 aliphatic carbocycles. The van der Waals surface area contributed by atoms with Crippen LogP contribution >= 0.6 is 0 Å². The van der Waals surface area contributed by atoms with Crippen LogP contribution in [0.3, 0.4) is 0 Å². The van der Waals surface area contributed by atoms with Gasteiger partial charge in [-0.05, 0) is 37.5 Å². The molecule has 1 aliphatic rings. The second-order valence-electron chi connectivity index (χ2n) is 5.06. The molecule has 104 valence electrons. The molecule has 1 aromatic heterocycles. The van der Waals surface area contributed by atoms with Crippen molar-refractivity contribution >= 4 is 28.6 Å². The van der Waals surface area contributed by atoms with E-state index in [1.807, 2.05) is 0 Å². The minimum Gasteiger partial charge on any atom is -0.481 e. The largest absolute Gasteiger partial charge is 0.481 e. The van der Waals surface area contributed by atoms with Gasteiger partial charge in [0.15, 0.2) is 0 Å². The third kappa shape index (κ3) is 2.34. The lowest BCUT2D eigenvalue weighted by molar-refractivity contribution is -0.141. The van der Waals surface area contributed by atoms with E-state index in [0.717, 1.165) is 5.52 Å². The number of nitrogens with zero attached hydrogens (tertiary/aromatic N) is 2. The first kappa shape index (κ1) is 12.6. The van der Waals surface area contributed by atoms with Gasteiger partial charge in [-0.2, -0.15) is 15.4 Å². The topological polar surface area (TPSA) is 108 Å². The molecule has 2 atom stereocenters. The van der Waals surface area contributed by atoms with Gasteiger partial charge in [-0.15, -0.1) is 0 Å². The van der Waals surface area contributed by atoms with Crippen LogP contribution in [-0.4, -0.2) is 32.4 Å². The molecule has 0 unspecified atom stereocenters. The summed E-state index contributed by atoms with van der Waals surface area (Å²) in [4.78, 5) is 23.0. The summed E-state index contributed by atoms with van der Waals surface area (Å²) in [5.74, 6) is -1.58. The van der Waals surface area contributed by atoms with Crippen molar-refractivity contribution in [1.82, 2.24) is 15.4 Å². The quantitative estimate of drug-likeness (QED) is 0.784. The highest BCUT2D eigenvalue weighted by Gasteiger charge is 2.33. The minimum atomic E-state index is -0.815. The number of rotatable bonds is 3. The summed E-state index contributed by atoms with van der Waals surface area (Å²) < 4.78 is 0. The number of carbonyl (C=O) groups excluding carboxylic acids is 1. The van der Waals surface area contributed by atoms with E-state index in [4.69, 9.17) is 5.11 Å². The van der Waals surface area contributed by atoms with Crippen LogP contribution in [0, 0.1) is 11.8 Å². The molecule has 7 nitrogen and oxygen atoms in total. The molecule has 3 rings (SSSR count). The zero-order chi connectivity index (χ0) is 14.1. The Hall–Kier alpha value is -2.44. The Balaban J connectivity index is 1.68. The average molecular weight is 274 g/mol. The third-order valence-corrected chi connectivity index (χ3v) is 3.74. The van der Waals surface area contributed by atoms with Crippen molar-refractivity contribution in [3.05, 3.63) is 18.2 Å². The fraction of sp³-hybridized carbons (Fsp3) is 0.385. The third-order valence-electron chi connectivity index (χ3n) is 3.74. The van der Waals surface area contributed by atoms with Gasteiger partial charge in [-0.3, -0.25) is 9.59 Å². The van der Waals surface area contributed by atoms with Gasteiger partial charge < -0.3 is 10.4 Å². The monoisotopic (exact) mass is 274 g/mol. The van der Waals surface area contributed by atoms with E-state index in [0.29, 0.717) is 30.5 Å². The van der Waals surface area contributed by atoms with E-state index in [1.54, 1.807) is 18.2 Å². The van der Waals surface area contributed by atoms with Crippen LogP contribution < -0.4 is 5.32 Å². The molecule has 0 radical (unpaired) electrons. The number of aliphatic carboxylic acids is 1. The lowest BCUT2D eigenvalue weighted by Gasteiger charge is -2.10. The zero-order valence-corrected chi connectivity index (χ0v) is 10.7. The number of carboxylic acids is 1. The maximum Gasteiger partial charge on any atom is 0.306 e. The summed E-state index contributed by atoms with van der Waals surface area (Å²) in [7, 11) is 0. The van der Waals surface area contributed by atoms with Crippen LogP contribution in [0.2, 0.25) is 0 Å². The van der Waals surface area contributed by atoms with Crippen LogP contribution in [0.15, 0.2) is 18.2 Å². The molecule has 7 heteroatoms. The molecule has 0 bridgehead atoms. The van der Waals surface area contributed by atoms with E-state index in [1.165, 1.54) is 0 Å². The SMILES string of the molecule is O=C(O)[C@@H]1CC[C@H](C(=O)Nc2ccc3n[nH]nc3c2)C1. The number of hydrogen-bond donors (Lipinski definition) is 3. The van der Waals surface area contributed by atoms with Gasteiger partial charge in [0.25, 0.3) is 0 Å². The highest BCUT2D eigenvalue weighted by atomic mass is 16.4. The van der Waals surface area contributed by atoms with Crippen molar-refractivity contribution in [2.24, 2.45) is 11.8 Å². The van der Waals surface area contributed by atoms with Gasteiger partial charge in [-0.1, -0.05) is 0 Å². The molecule has 1 heterocycles. The molecular formula is C13H14N4O3. The van der Waals surface area contributed by atoms with Crippen LogP contribution in [0.5, 0.6) is 0 Å². The summed E-state index contributed by atoms with van der Waals surface area (Å²) >= 11 is 0. The first-order valence-electron chi connectivity index (χ1n) is 6.47. The number of nitrogens with one attached hydrogen (secondary N) is 2. The van der Waals surface area contributed by atoms with Crippen LogP contribution in [0.25, 0.3) is 11.0 Å². The molecule has 0 saturated heterocycles. The van der Waals surface area contributed by atoms with Crippen LogP contribution in [-0.2, 0) is 9.59 Å². The number of benzene rings is 1. The first-order valence-corrected chi connectivity index (χ1v) is 6.47. The summed E-state index contributed by atoms with van der Waals surface area (Å²) in [6, 6.07) is 5.26. The smallest absolute Gasteiger partial charge is 0.306 e. The van der Waals surface area contributed by atoms with E-state index < -0.39 is 11.9 Å². The number of anilines is 1. The Bertz CT molecular complexity index is 666. The van der Waals surface area contributed by atoms with Gasteiger partial charge >= 0.3 is 5.97 Å². The molecule has 20 heavy (non-hydrogen) atoms. The second-order valence-corrected chi connectivity index (χ2v) is 5.06. The van der Waals surface area contributed by atoms with Crippen molar-refractivity contribution in [3.8, 4) is 0 Å². The Morgan fingerprint density at radius 3 is 2.70 bits per heavy atom. The Labute approximate surface area is 114 Å².